The monoisotopic (exact) mass is 304 g/mol. The van der Waals surface area contributed by atoms with Gasteiger partial charge >= 0.3 is 6.03 Å². The van der Waals surface area contributed by atoms with E-state index in [1.165, 1.54) is 0 Å². The Balaban J connectivity index is 1.56. The third-order valence-electron chi connectivity index (χ3n) is 4.03. The summed E-state index contributed by atoms with van der Waals surface area (Å²) in [5, 5.41) is 11.5. The van der Waals surface area contributed by atoms with Gasteiger partial charge in [0.05, 0.1) is 11.4 Å². The molecule has 1 fully saturated rings. The van der Waals surface area contributed by atoms with E-state index in [4.69, 9.17) is 0 Å². The smallest absolute Gasteiger partial charge is 0.321 e. The maximum Gasteiger partial charge on any atom is 0.321 e. The van der Waals surface area contributed by atoms with Crippen LogP contribution in [-0.2, 0) is 7.05 Å². The molecule has 2 amide bonds. The van der Waals surface area contributed by atoms with Gasteiger partial charge in [0.1, 0.15) is 0 Å². The molecule has 2 aromatic heterocycles. The van der Waals surface area contributed by atoms with Gasteiger partial charge in [0.2, 0.25) is 0 Å². The zero-order chi connectivity index (χ0) is 14.8. The van der Waals surface area contributed by atoms with E-state index in [1.807, 2.05) is 40.5 Å². The summed E-state index contributed by atoms with van der Waals surface area (Å²) in [6, 6.07) is 2.09. The Bertz CT molecular complexity index is 625. The quantitative estimate of drug-likeness (QED) is 0.926. The van der Waals surface area contributed by atoms with Crippen LogP contribution in [0.3, 0.4) is 0 Å². The number of piperidine rings is 1. The van der Waals surface area contributed by atoms with Gasteiger partial charge < -0.3 is 10.2 Å². The molecule has 0 saturated carbocycles. The predicted octanol–water partition coefficient (Wildman–Crippen LogP) is 3.20. The van der Waals surface area contributed by atoms with Crippen molar-refractivity contribution < 1.29 is 4.79 Å². The van der Waals surface area contributed by atoms with Gasteiger partial charge in [0.15, 0.2) is 0 Å². The van der Waals surface area contributed by atoms with Crippen LogP contribution in [0.15, 0.2) is 23.0 Å². The number of carbonyl (C=O) groups excluding carboxylic acids is 1. The van der Waals surface area contributed by atoms with Crippen molar-refractivity contribution in [1.82, 2.24) is 14.7 Å². The normalized spacial score (nSPS) is 16.2. The first-order valence-electron chi connectivity index (χ1n) is 7.22. The molecule has 112 valence electrons. The first-order valence-corrected chi connectivity index (χ1v) is 8.16. The predicted molar refractivity (Wildman–Crippen MR) is 84.8 cm³/mol. The lowest BCUT2D eigenvalue weighted by Gasteiger charge is -2.31. The SMILES string of the molecule is Cc1cscc1NC(=O)N1CCC(c2ccn(C)n2)CC1. The van der Waals surface area contributed by atoms with Gasteiger partial charge in [-0.1, -0.05) is 0 Å². The van der Waals surface area contributed by atoms with Crippen molar-refractivity contribution in [2.24, 2.45) is 7.05 Å². The van der Waals surface area contributed by atoms with E-state index >= 15 is 0 Å². The van der Waals surface area contributed by atoms with Crippen LogP contribution in [0.4, 0.5) is 10.5 Å². The summed E-state index contributed by atoms with van der Waals surface area (Å²) in [7, 11) is 1.94. The Morgan fingerprint density at radius 1 is 1.38 bits per heavy atom. The molecule has 0 atom stereocenters. The molecular weight excluding hydrogens is 284 g/mol. The molecule has 21 heavy (non-hydrogen) atoms. The average molecular weight is 304 g/mol. The summed E-state index contributed by atoms with van der Waals surface area (Å²) in [5.74, 6) is 0.470. The molecule has 1 N–H and O–H groups in total. The van der Waals surface area contributed by atoms with Crippen molar-refractivity contribution in [3.05, 3.63) is 34.3 Å². The number of thiophene rings is 1. The summed E-state index contributed by atoms with van der Waals surface area (Å²) in [4.78, 5) is 14.2. The van der Waals surface area contributed by atoms with Gasteiger partial charge in [-0.3, -0.25) is 4.68 Å². The number of nitrogens with zero attached hydrogens (tertiary/aromatic N) is 3. The van der Waals surface area contributed by atoms with Gasteiger partial charge in [0, 0.05) is 37.6 Å². The molecule has 0 aliphatic carbocycles. The van der Waals surface area contributed by atoms with E-state index in [2.05, 4.69) is 16.5 Å². The fourth-order valence-electron chi connectivity index (χ4n) is 2.71. The molecule has 5 nitrogen and oxygen atoms in total. The summed E-state index contributed by atoms with van der Waals surface area (Å²) < 4.78 is 1.84. The number of amides is 2. The lowest BCUT2D eigenvalue weighted by atomic mass is 9.94. The largest absolute Gasteiger partial charge is 0.324 e. The van der Waals surface area contributed by atoms with Crippen LogP contribution in [0.2, 0.25) is 0 Å². The molecule has 1 aliphatic rings. The van der Waals surface area contributed by atoms with E-state index in [9.17, 15) is 4.79 Å². The molecular formula is C15H20N4OS. The van der Waals surface area contributed by atoms with E-state index in [0.717, 1.165) is 42.9 Å². The van der Waals surface area contributed by atoms with Crippen LogP contribution in [0.25, 0.3) is 0 Å². The van der Waals surface area contributed by atoms with Crippen molar-refractivity contribution in [3.63, 3.8) is 0 Å². The molecule has 2 aromatic rings. The number of rotatable bonds is 2. The molecule has 3 rings (SSSR count). The highest BCUT2D eigenvalue weighted by atomic mass is 32.1. The molecule has 3 heterocycles. The average Bonchev–Trinajstić information content (AvgIpc) is 3.08. The standard InChI is InChI=1S/C15H20N4OS/c1-11-9-21-10-14(11)16-15(20)19-7-3-12(4-8-19)13-5-6-18(2)17-13/h5-6,9-10,12H,3-4,7-8H2,1-2H3,(H,16,20). The van der Waals surface area contributed by atoms with Crippen LogP contribution in [0.5, 0.6) is 0 Å². The van der Waals surface area contributed by atoms with Crippen molar-refractivity contribution in [2.45, 2.75) is 25.7 Å². The maximum atomic E-state index is 12.3. The van der Waals surface area contributed by atoms with E-state index in [-0.39, 0.29) is 6.03 Å². The number of likely N-dealkylation sites (tertiary alicyclic amines) is 1. The van der Waals surface area contributed by atoms with Crippen LogP contribution < -0.4 is 5.32 Å². The van der Waals surface area contributed by atoms with E-state index in [0.29, 0.717) is 5.92 Å². The van der Waals surface area contributed by atoms with Crippen molar-refractivity contribution in [3.8, 4) is 0 Å². The number of anilines is 1. The second-order valence-electron chi connectivity index (χ2n) is 5.57. The summed E-state index contributed by atoms with van der Waals surface area (Å²) >= 11 is 1.61. The van der Waals surface area contributed by atoms with Crippen LogP contribution in [0, 0.1) is 6.92 Å². The number of hydrogen-bond acceptors (Lipinski definition) is 3. The highest BCUT2D eigenvalue weighted by molar-refractivity contribution is 7.08. The lowest BCUT2D eigenvalue weighted by Crippen LogP contribution is -2.40. The minimum absolute atomic E-state index is 0.0102. The third kappa shape index (κ3) is 3.10. The number of carbonyl (C=O) groups is 1. The van der Waals surface area contributed by atoms with Gasteiger partial charge in [-0.05, 0) is 36.8 Å². The molecule has 0 bridgehead atoms. The van der Waals surface area contributed by atoms with Crippen LogP contribution in [-0.4, -0.2) is 33.8 Å². The number of urea groups is 1. The number of aryl methyl sites for hydroxylation is 2. The van der Waals surface area contributed by atoms with Crippen molar-refractivity contribution in [2.75, 3.05) is 18.4 Å². The van der Waals surface area contributed by atoms with E-state index in [1.54, 1.807) is 11.3 Å². The van der Waals surface area contributed by atoms with Gasteiger partial charge in [-0.25, -0.2) is 4.79 Å². The highest BCUT2D eigenvalue weighted by Gasteiger charge is 2.25. The Hall–Kier alpha value is -1.82. The molecule has 6 heteroatoms. The molecule has 0 aromatic carbocycles. The minimum atomic E-state index is 0.0102. The van der Waals surface area contributed by atoms with Crippen LogP contribution >= 0.6 is 11.3 Å². The number of nitrogens with one attached hydrogen (secondary N) is 1. The molecule has 1 aliphatic heterocycles. The number of hydrogen-bond donors (Lipinski definition) is 1. The fraction of sp³-hybridized carbons (Fsp3) is 0.467. The van der Waals surface area contributed by atoms with E-state index < -0.39 is 0 Å². The van der Waals surface area contributed by atoms with Crippen molar-refractivity contribution in [1.29, 1.82) is 0 Å². The lowest BCUT2D eigenvalue weighted by molar-refractivity contribution is 0.194. The van der Waals surface area contributed by atoms with Crippen LogP contribution in [0.1, 0.15) is 30.0 Å². The Morgan fingerprint density at radius 2 is 2.14 bits per heavy atom. The maximum absolute atomic E-state index is 12.3. The minimum Gasteiger partial charge on any atom is -0.324 e. The number of aromatic nitrogens is 2. The summed E-state index contributed by atoms with van der Waals surface area (Å²) in [6.45, 7) is 3.59. The molecule has 0 spiro atoms. The molecule has 0 radical (unpaired) electrons. The Labute approximate surface area is 128 Å². The zero-order valence-electron chi connectivity index (χ0n) is 12.4. The highest BCUT2D eigenvalue weighted by Crippen LogP contribution is 2.27. The van der Waals surface area contributed by atoms with Gasteiger partial charge in [-0.2, -0.15) is 5.10 Å². The first kappa shape index (κ1) is 14.1. The van der Waals surface area contributed by atoms with Gasteiger partial charge in [0.25, 0.3) is 0 Å². The Kier molecular flexibility index (Phi) is 3.96. The fourth-order valence-corrected chi connectivity index (χ4v) is 3.49. The zero-order valence-corrected chi connectivity index (χ0v) is 13.2. The summed E-state index contributed by atoms with van der Waals surface area (Å²) in [5.41, 5.74) is 3.19. The second-order valence-corrected chi connectivity index (χ2v) is 6.32. The Morgan fingerprint density at radius 3 is 2.71 bits per heavy atom. The second kappa shape index (κ2) is 5.89. The third-order valence-corrected chi connectivity index (χ3v) is 4.89. The summed E-state index contributed by atoms with van der Waals surface area (Å²) in [6.07, 6.45) is 3.94. The first-order chi connectivity index (χ1) is 10.1. The molecule has 1 saturated heterocycles. The topological polar surface area (TPSA) is 50.2 Å². The molecule has 0 unspecified atom stereocenters. The van der Waals surface area contributed by atoms with Gasteiger partial charge in [-0.15, -0.1) is 11.3 Å². The van der Waals surface area contributed by atoms with Crippen molar-refractivity contribution >= 4 is 23.1 Å².